The first-order chi connectivity index (χ1) is 17.5. The van der Waals surface area contributed by atoms with Crippen LogP contribution in [0.4, 0.5) is 17.1 Å². The average molecular weight is 576 g/mol. The molecular weight excluding hydrogens is 557 g/mol. The van der Waals surface area contributed by atoms with Crippen molar-refractivity contribution in [2.24, 2.45) is 0 Å². The van der Waals surface area contributed by atoms with Gasteiger partial charge in [-0.15, -0.1) is 0 Å². The fourth-order valence-electron chi connectivity index (χ4n) is 3.25. The summed E-state index contributed by atoms with van der Waals surface area (Å²) in [6, 6.07) is 23.9. The molecule has 0 saturated carbocycles. The summed E-state index contributed by atoms with van der Waals surface area (Å²) in [5.41, 5.74) is 0.985. The second kappa shape index (κ2) is 10.8. The largest absolute Gasteiger partial charge is 0.322 e. The summed E-state index contributed by atoms with van der Waals surface area (Å²) >= 11 is 12.0. The Morgan fingerprint density at radius 2 is 1.27 bits per heavy atom. The van der Waals surface area contributed by atoms with Crippen molar-refractivity contribution in [1.29, 1.82) is 0 Å². The van der Waals surface area contributed by atoms with Crippen molar-refractivity contribution >= 4 is 66.2 Å². The quantitative estimate of drug-likeness (QED) is 0.243. The zero-order valence-corrected chi connectivity index (χ0v) is 22.0. The summed E-state index contributed by atoms with van der Waals surface area (Å²) in [7, 11) is -7.96. The number of hydrogen-bond acceptors (Lipinski definition) is 5. The molecular formula is C25H19Cl2N3O5S2. The highest BCUT2D eigenvalue weighted by Crippen LogP contribution is 2.26. The van der Waals surface area contributed by atoms with Gasteiger partial charge in [0.25, 0.3) is 26.0 Å². The number of hydrogen-bond donors (Lipinski definition) is 3. The topological polar surface area (TPSA) is 121 Å². The average Bonchev–Trinajstić information content (AvgIpc) is 2.84. The summed E-state index contributed by atoms with van der Waals surface area (Å²) in [6.07, 6.45) is 0. The fourth-order valence-corrected chi connectivity index (χ4v) is 6.08. The monoisotopic (exact) mass is 575 g/mol. The van der Waals surface area contributed by atoms with E-state index in [9.17, 15) is 21.6 Å². The SMILES string of the molecule is O=C(Nc1ccc(S(=O)(=O)Nc2cccc(Cl)c2)cc1)c1ccc(Cl)c(S(=O)(=O)Nc2ccccc2)c1. The number of nitrogens with one attached hydrogen (secondary N) is 3. The van der Waals surface area contributed by atoms with Crippen molar-refractivity contribution in [2.75, 3.05) is 14.8 Å². The minimum atomic E-state index is -4.07. The van der Waals surface area contributed by atoms with Crippen LogP contribution in [0.1, 0.15) is 10.4 Å². The van der Waals surface area contributed by atoms with Crippen LogP contribution in [0.3, 0.4) is 0 Å². The first kappa shape index (κ1) is 26.5. The van der Waals surface area contributed by atoms with Gasteiger partial charge in [0, 0.05) is 22.0 Å². The van der Waals surface area contributed by atoms with Crippen LogP contribution in [-0.2, 0) is 20.0 Å². The van der Waals surface area contributed by atoms with E-state index in [1.807, 2.05) is 0 Å². The third-order valence-electron chi connectivity index (χ3n) is 5.01. The van der Waals surface area contributed by atoms with Crippen LogP contribution in [0.15, 0.2) is 107 Å². The lowest BCUT2D eigenvalue weighted by atomic mass is 10.2. The van der Waals surface area contributed by atoms with E-state index in [2.05, 4.69) is 14.8 Å². The fraction of sp³-hybridized carbons (Fsp3) is 0. The smallest absolute Gasteiger partial charge is 0.263 e. The van der Waals surface area contributed by atoms with E-state index in [0.29, 0.717) is 22.1 Å². The zero-order valence-electron chi connectivity index (χ0n) is 18.9. The van der Waals surface area contributed by atoms with Gasteiger partial charge in [-0.3, -0.25) is 14.2 Å². The Hall–Kier alpha value is -3.57. The van der Waals surface area contributed by atoms with E-state index in [1.54, 1.807) is 48.5 Å². The standard InChI is InChI=1S/C25H19Cl2N3O5S2/c26-18-5-4-8-21(16-18)30-36(32,33)22-12-10-19(11-13-22)28-25(31)17-9-14-23(27)24(15-17)37(34,35)29-20-6-2-1-3-7-20/h1-16,29-30H,(H,28,31). The molecule has 0 saturated heterocycles. The molecule has 0 aliphatic rings. The molecule has 0 unspecified atom stereocenters. The van der Waals surface area contributed by atoms with Gasteiger partial charge in [-0.05, 0) is 72.8 Å². The van der Waals surface area contributed by atoms with E-state index >= 15 is 0 Å². The number of amides is 1. The van der Waals surface area contributed by atoms with Crippen LogP contribution in [-0.4, -0.2) is 22.7 Å². The van der Waals surface area contributed by atoms with E-state index in [0.717, 1.165) is 6.07 Å². The van der Waals surface area contributed by atoms with Crippen LogP contribution in [0.25, 0.3) is 0 Å². The number of anilines is 3. The number of rotatable bonds is 8. The highest BCUT2D eigenvalue weighted by Gasteiger charge is 2.21. The molecule has 37 heavy (non-hydrogen) atoms. The van der Waals surface area contributed by atoms with Gasteiger partial charge in [0.2, 0.25) is 0 Å². The molecule has 1 amide bonds. The van der Waals surface area contributed by atoms with Crippen LogP contribution in [0.2, 0.25) is 10.0 Å². The van der Waals surface area contributed by atoms with Gasteiger partial charge in [-0.25, -0.2) is 16.8 Å². The summed E-state index contributed by atoms with van der Waals surface area (Å²) < 4.78 is 55.8. The molecule has 0 aliphatic carbocycles. The van der Waals surface area contributed by atoms with Gasteiger partial charge in [0.05, 0.1) is 15.6 Å². The number of sulfonamides is 2. The van der Waals surface area contributed by atoms with Gasteiger partial charge < -0.3 is 5.32 Å². The Morgan fingerprint density at radius 1 is 0.622 bits per heavy atom. The number of carbonyl (C=O) groups excluding carboxylic acids is 1. The van der Waals surface area contributed by atoms with Crippen molar-refractivity contribution < 1.29 is 21.6 Å². The van der Waals surface area contributed by atoms with E-state index < -0.39 is 26.0 Å². The van der Waals surface area contributed by atoms with Gasteiger partial charge >= 0.3 is 0 Å². The van der Waals surface area contributed by atoms with E-state index in [-0.39, 0.29) is 20.4 Å². The molecule has 4 rings (SSSR count). The molecule has 0 bridgehead atoms. The van der Waals surface area contributed by atoms with Crippen molar-refractivity contribution in [3.05, 3.63) is 113 Å². The van der Waals surface area contributed by atoms with Crippen LogP contribution >= 0.6 is 23.2 Å². The van der Waals surface area contributed by atoms with Gasteiger partial charge in [0.15, 0.2) is 0 Å². The third kappa shape index (κ3) is 6.60. The normalized spacial score (nSPS) is 11.5. The molecule has 0 atom stereocenters. The van der Waals surface area contributed by atoms with E-state index in [4.69, 9.17) is 23.2 Å². The molecule has 4 aromatic carbocycles. The summed E-state index contributed by atoms with van der Waals surface area (Å²) in [5.74, 6) is -0.611. The minimum Gasteiger partial charge on any atom is -0.322 e. The van der Waals surface area contributed by atoms with Gasteiger partial charge in [-0.2, -0.15) is 0 Å². The van der Waals surface area contributed by atoms with E-state index in [1.165, 1.54) is 42.5 Å². The maximum atomic E-state index is 12.8. The Bertz CT molecular complexity index is 1660. The molecule has 190 valence electrons. The molecule has 3 N–H and O–H groups in total. The Balaban J connectivity index is 1.49. The van der Waals surface area contributed by atoms with Crippen molar-refractivity contribution in [3.8, 4) is 0 Å². The Kier molecular flexibility index (Phi) is 7.74. The Labute approximate surface area is 224 Å². The van der Waals surface area contributed by atoms with Gasteiger partial charge in [-0.1, -0.05) is 47.5 Å². The number of benzene rings is 4. The number of para-hydroxylation sites is 1. The predicted octanol–water partition coefficient (Wildman–Crippen LogP) is 5.85. The lowest BCUT2D eigenvalue weighted by molar-refractivity contribution is 0.102. The van der Waals surface area contributed by atoms with Crippen molar-refractivity contribution in [2.45, 2.75) is 9.79 Å². The van der Waals surface area contributed by atoms with Crippen LogP contribution in [0.5, 0.6) is 0 Å². The summed E-state index contributed by atoms with van der Waals surface area (Å²) in [4.78, 5) is 12.5. The minimum absolute atomic E-state index is 0.0302. The lowest BCUT2D eigenvalue weighted by Crippen LogP contribution is -2.16. The van der Waals surface area contributed by atoms with Crippen LogP contribution < -0.4 is 14.8 Å². The predicted molar refractivity (Wildman–Crippen MR) is 145 cm³/mol. The lowest BCUT2D eigenvalue weighted by Gasteiger charge is -2.12. The molecule has 12 heteroatoms. The van der Waals surface area contributed by atoms with Crippen molar-refractivity contribution in [1.82, 2.24) is 0 Å². The highest BCUT2D eigenvalue weighted by atomic mass is 35.5. The third-order valence-corrected chi connectivity index (χ3v) is 8.50. The number of halogens is 2. The summed E-state index contributed by atoms with van der Waals surface area (Å²) in [5, 5.41) is 2.94. The second-order valence-corrected chi connectivity index (χ2v) is 11.9. The van der Waals surface area contributed by atoms with Crippen LogP contribution in [0, 0.1) is 0 Å². The molecule has 0 aromatic heterocycles. The second-order valence-electron chi connectivity index (χ2n) is 7.71. The van der Waals surface area contributed by atoms with Crippen molar-refractivity contribution in [3.63, 3.8) is 0 Å². The first-order valence-corrected chi connectivity index (χ1v) is 14.3. The molecule has 0 aliphatic heterocycles. The zero-order chi connectivity index (χ0) is 26.6. The molecule has 0 radical (unpaired) electrons. The molecule has 0 fully saturated rings. The van der Waals surface area contributed by atoms with Gasteiger partial charge in [0.1, 0.15) is 4.90 Å². The molecule has 0 spiro atoms. The first-order valence-electron chi connectivity index (χ1n) is 10.6. The number of carbonyl (C=O) groups is 1. The molecule has 8 nitrogen and oxygen atoms in total. The summed E-state index contributed by atoms with van der Waals surface area (Å²) in [6.45, 7) is 0. The molecule has 4 aromatic rings. The maximum Gasteiger partial charge on any atom is 0.263 e. The highest BCUT2D eigenvalue weighted by molar-refractivity contribution is 7.93. The maximum absolute atomic E-state index is 12.8. The molecule has 0 heterocycles. The Morgan fingerprint density at radius 3 is 1.95 bits per heavy atom.